The minimum atomic E-state index is 0.287. The molecule has 0 amide bonds. The largest absolute Gasteiger partial charge is 0.493 e. The van der Waals surface area contributed by atoms with Crippen LogP contribution in [-0.2, 0) is 6.54 Å². The van der Waals surface area contributed by atoms with Crippen molar-refractivity contribution in [1.29, 1.82) is 0 Å². The minimum Gasteiger partial charge on any atom is -0.493 e. The van der Waals surface area contributed by atoms with Crippen LogP contribution in [0.5, 0.6) is 23.0 Å². The van der Waals surface area contributed by atoms with Gasteiger partial charge in [0.05, 0.1) is 13.7 Å². The molecule has 1 heterocycles. The Morgan fingerprint density at radius 1 is 1.05 bits per heavy atom. The summed E-state index contributed by atoms with van der Waals surface area (Å²) < 4.78 is 21.6. The van der Waals surface area contributed by atoms with Crippen molar-refractivity contribution < 1.29 is 18.9 Å². The fourth-order valence-electron chi connectivity index (χ4n) is 2.31. The van der Waals surface area contributed by atoms with E-state index < -0.39 is 0 Å². The van der Waals surface area contributed by atoms with Gasteiger partial charge in [-0.2, -0.15) is 0 Å². The molecule has 1 N–H and O–H groups in total. The highest BCUT2D eigenvalue weighted by Gasteiger charge is 2.13. The van der Waals surface area contributed by atoms with Crippen LogP contribution in [0.2, 0.25) is 0 Å². The van der Waals surface area contributed by atoms with Crippen LogP contribution in [-0.4, -0.2) is 20.5 Å². The number of methoxy groups -OCH3 is 1. The molecule has 0 fully saturated rings. The van der Waals surface area contributed by atoms with Crippen LogP contribution in [0.25, 0.3) is 0 Å². The molecule has 22 heavy (non-hydrogen) atoms. The van der Waals surface area contributed by atoms with Gasteiger partial charge in [0.25, 0.3) is 0 Å². The van der Waals surface area contributed by atoms with Gasteiger partial charge in [-0.3, -0.25) is 0 Å². The average molecular weight is 301 g/mol. The first-order valence-corrected chi connectivity index (χ1v) is 7.23. The summed E-state index contributed by atoms with van der Waals surface area (Å²) in [6.45, 7) is 3.54. The van der Waals surface area contributed by atoms with Gasteiger partial charge < -0.3 is 24.3 Å². The Balaban J connectivity index is 1.68. The number of ether oxygens (including phenoxy) is 4. The molecule has 3 rings (SSSR count). The number of rotatable bonds is 6. The average Bonchev–Trinajstić information content (AvgIpc) is 3.01. The first kappa shape index (κ1) is 14.4. The number of nitrogens with one attached hydrogen (secondary N) is 1. The number of hydrogen-bond donors (Lipinski definition) is 1. The zero-order valence-corrected chi connectivity index (χ0v) is 12.7. The van der Waals surface area contributed by atoms with Crippen LogP contribution >= 0.6 is 0 Å². The molecule has 116 valence electrons. The first-order valence-electron chi connectivity index (χ1n) is 7.23. The molecular formula is C17H19NO4. The summed E-state index contributed by atoms with van der Waals surface area (Å²) in [6.07, 6.45) is 0. The highest BCUT2D eigenvalue weighted by Crippen LogP contribution is 2.34. The van der Waals surface area contributed by atoms with Crippen molar-refractivity contribution in [3.63, 3.8) is 0 Å². The van der Waals surface area contributed by atoms with Gasteiger partial charge in [0.15, 0.2) is 23.0 Å². The third-order valence-corrected chi connectivity index (χ3v) is 3.40. The molecule has 0 unspecified atom stereocenters. The topological polar surface area (TPSA) is 49.0 Å². The molecule has 0 aromatic heterocycles. The SMILES string of the molecule is CCOc1ccc(CNc2ccc3c(c2)OCO3)cc1OC. The lowest BCUT2D eigenvalue weighted by atomic mass is 10.2. The van der Waals surface area contributed by atoms with Crippen molar-refractivity contribution in [2.24, 2.45) is 0 Å². The molecule has 2 aromatic rings. The van der Waals surface area contributed by atoms with Crippen molar-refractivity contribution in [3.05, 3.63) is 42.0 Å². The molecule has 0 aliphatic carbocycles. The quantitative estimate of drug-likeness (QED) is 0.885. The van der Waals surface area contributed by atoms with Crippen molar-refractivity contribution in [2.45, 2.75) is 13.5 Å². The molecule has 0 bridgehead atoms. The van der Waals surface area contributed by atoms with Gasteiger partial charge >= 0.3 is 0 Å². The number of benzene rings is 2. The molecule has 2 aromatic carbocycles. The Kier molecular flexibility index (Phi) is 4.23. The van der Waals surface area contributed by atoms with E-state index in [4.69, 9.17) is 18.9 Å². The predicted molar refractivity (Wildman–Crippen MR) is 84.1 cm³/mol. The molecule has 5 heteroatoms. The Bertz CT molecular complexity index is 657. The standard InChI is InChI=1S/C17H19NO4/c1-3-20-14-6-4-12(8-16(14)19-2)10-18-13-5-7-15-17(9-13)22-11-21-15/h4-9,18H,3,10-11H2,1-2H3. The highest BCUT2D eigenvalue weighted by molar-refractivity contribution is 5.56. The smallest absolute Gasteiger partial charge is 0.231 e. The van der Waals surface area contributed by atoms with Gasteiger partial charge in [-0.15, -0.1) is 0 Å². The van der Waals surface area contributed by atoms with E-state index in [-0.39, 0.29) is 6.79 Å². The second-order valence-electron chi connectivity index (χ2n) is 4.84. The zero-order valence-electron chi connectivity index (χ0n) is 12.7. The van der Waals surface area contributed by atoms with Gasteiger partial charge in [0.2, 0.25) is 6.79 Å². The lowest BCUT2D eigenvalue weighted by Gasteiger charge is -2.12. The maximum absolute atomic E-state index is 5.52. The van der Waals surface area contributed by atoms with E-state index in [9.17, 15) is 0 Å². The fourth-order valence-corrected chi connectivity index (χ4v) is 2.31. The molecule has 0 spiro atoms. The molecular weight excluding hydrogens is 282 g/mol. The van der Waals surface area contributed by atoms with Crippen molar-refractivity contribution >= 4 is 5.69 Å². The van der Waals surface area contributed by atoms with Crippen LogP contribution in [0.1, 0.15) is 12.5 Å². The Hall–Kier alpha value is -2.56. The molecule has 0 radical (unpaired) electrons. The highest BCUT2D eigenvalue weighted by atomic mass is 16.7. The Labute approximate surface area is 129 Å². The van der Waals surface area contributed by atoms with Crippen LogP contribution in [0.15, 0.2) is 36.4 Å². The van der Waals surface area contributed by atoms with E-state index >= 15 is 0 Å². The van der Waals surface area contributed by atoms with Gasteiger partial charge in [-0.05, 0) is 36.8 Å². The first-order chi connectivity index (χ1) is 10.8. The molecule has 1 aliphatic rings. The number of hydrogen-bond acceptors (Lipinski definition) is 5. The monoisotopic (exact) mass is 301 g/mol. The van der Waals surface area contributed by atoms with Crippen molar-refractivity contribution in [3.8, 4) is 23.0 Å². The van der Waals surface area contributed by atoms with E-state index in [2.05, 4.69) is 5.32 Å². The lowest BCUT2D eigenvalue weighted by Crippen LogP contribution is -2.01. The molecule has 0 saturated carbocycles. The second-order valence-corrected chi connectivity index (χ2v) is 4.84. The maximum Gasteiger partial charge on any atom is 0.231 e. The van der Waals surface area contributed by atoms with E-state index in [0.29, 0.717) is 13.2 Å². The van der Waals surface area contributed by atoms with Crippen LogP contribution < -0.4 is 24.3 Å². The molecule has 0 atom stereocenters. The Morgan fingerprint density at radius 2 is 1.91 bits per heavy atom. The maximum atomic E-state index is 5.52. The summed E-state index contributed by atoms with van der Waals surface area (Å²) >= 11 is 0. The van der Waals surface area contributed by atoms with Gasteiger partial charge in [0, 0.05) is 18.3 Å². The lowest BCUT2D eigenvalue weighted by molar-refractivity contribution is 0.174. The van der Waals surface area contributed by atoms with Crippen molar-refractivity contribution in [1.82, 2.24) is 0 Å². The summed E-state index contributed by atoms with van der Waals surface area (Å²) in [6, 6.07) is 11.7. The molecule has 5 nitrogen and oxygen atoms in total. The summed E-state index contributed by atoms with van der Waals surface area (Å²) in [5, 5.41) is 3.36. The normalized spacial score (nSPS) is 12.1. The fraction of sp³-hybridized carbons (Fsp3) is 0.294. The summed E-state index contributed by atoms with van der Waals surface area (Å²) in [4.78, 5) is 0. The number of anilines is 1. The summed E-state index contributed by atoms with van der Waals surface area (Å²) in [5.74, 6) is 3.06. The van der Waals surface area contributed by atoms with E-state index in [1.807, 2.05) is 43.3 Å². The summed E-state index contributed by atoms with van der Waals surface area (Å²) in [7, 11) is 1.65. The minimum absolute atomic E-state index is 0.287. The third-order valence-electron chi connectivity index (χ3n) is 3.40. The number of fused-ring (bicyclic) bond motifs is 1. The Morgan fingerprint density at radius 3 is 2.73 bits per heavy atom. The molecule has 0 saturated heterocycles. The van der Waals surface area contributed by atoms with Gasteiger partial charge in [-0.25, -0.2) is 0 Å². The van der Waals surface area contributed by atoms with Crippen LogP contribution in [0.4, 0.5) is 5.69 Å². The van der Waals surface area contributed by atoms with Crippen LogP contribution in [0, 0.1) is 0 Å². The molecule has 1 aliphatic heterocycles. The van der Waals surface area contributed by atoms with Crippen molar-refractivity contribution in [2.75, 3.05) is 25.8 Å². The summed E-state index contributed by atoms with van der Waals surface area (Å²) in [5.41, 5.74) is 2.09. The van der Waals surface area contributed by atoms with E-state index in [1.54, 1.807) is 7.11 Å². The van der Waals surface area contributed by atoms with E-state index in [0.717, 1.165) is 34.2 Å². The van der Waals surface area contributed by atoms with Gasteiger partial charge in [-0.1, -0.05) is 6.07 Å². The zero-order chi connectivity index (χ0) is 15.4. The predicted octanol–water partition coefficient (Wildman–Crippen LogP) is 3.43. The second kappa shape index (κ2) is 6.47. The van der Waals surface area contributed by atoms with E-state index in [1.165, 1.54) is 0 Å². The third kappa shape index (κ3) is 3.03. The van der Waals surface area contributed by atoms with Gasteiger partial charge in [0.1, 0.15) is 0 Å². The van der Waals surface area contributed by atoms with Crippen LogP contribution in [0.3, 0.4) is 0 Å².